The summed E-state index contributed by atoms with van der Waals surface area (Å²) in [6.07, 6.45) is 2.13. The maximum absolute atomic E-state index is 12.4. The molecule has 1 saturated heterocycles. The van der Waals surface area contributed by atoms with Crippen molar-refractivity contribution in [2.24, 2.45) is 0 Å². The number of likely N-dealkylation sites (tertiary alicyclic amines) is 1. The number of hydrogen-bond donors (Lipinski definition) is 2. The molecular formula is C16H29N5O. The third-order valence-electron chi connectivity index (χ3n) is 3.89. The first-order chi connectivity index (χ1) is 10.0. The molecule has 2 heterocycles. The molecule has 0 bridgehead atoms. The van der Waals surface area contributed by atoms with E-state index in [1.165, 1.54) is 0 Å². The quantitative estimate of drug-likeness (QED) is 0.837. The topological polar surface area (TPSA) is 76.2 Å². The molecule has 1 fully saturated rings. The Hall–Kier alpha value is -1.72. The number of aromatic nitrogens is 2. The molecule has 22 heavy (non-hydrogen) atoms. The fourth-order valence-electron chi connectivity index (χ4n) is 2.70. The van der Waals surface area contributed by atoms with Gasteiger partial charge in [0.25, 0.3) is 0 Å². The van der Waals surface area contributed by atoms with Crippen LogP contribution in [0.15, 0.2) is 0 Å². The van der Waals surface area contributed by atoms with E-state index in [1.54, 1.807) is 4.68 Å². The molecule has 0 spiro atoms. The van der Waals surface area contributed by atoms with Crippen LogP contribution in [-0.4, -0.2) is 33.8 Å². The lowest BCUT2D eigenvalue weighted by molar-refractivity contribution is 0.222. The summed E-state index contributed by atoms with van der Waals surface area (Å²) in [5.41, 5.74) is 7.35. The maximum atomic E-state index is 12.4. The average Bonchev–Trinajstić information content (AvgIpc) is 2.96. The number of nitrogens with one attached hydrogen (secondary N) is 1. The van der Waals surface area contributed by atoms with E-state index in [9.17, 15) is 4.79 Å². The highest BCUT2D eigenvalue weighted by atomic mass is 16.2. The van der Waals surface area contributed by atoms with Gasteiger partial charge in [-0.25, -0.2) is 9.48 Å². The van der Waals surface area contributed by atoms with Crippen LogP contribution in [0.3, 0.4) is 0 Å². The van der Waals surface area contributed by atoms with Gasteiger partial charge in [0.05, 0.1) is 11.2 Å². The van der Waals surface area contributed by atoms with Crippen molar-refractivity contribution in [2.45, 2.75) is 65.3 Å². The molecule has 6 nitrogen and oxygen atoms in total. The number of carbonyl (C=O) groups excluding carboxylic acids is 1. The predicted octanol–water partition coefficient (Wildman–Crippen LogP) is 3.15. The maximum Gasteiger partial charge on any atom is 0.321 e. The van der Waals surface area contributed by atoms with E-state index < -0.39 is 0 Å². The summed E-state index contributed by atoms with van der Waals surface area (Å²) in [5.74, 6) is 0.518. The van der Waals surface area contributed by atoms with Gasteiger partial charge in [0, 0.05) is 18.5 Å². The van der Waals surface area contributed by atoms with Crippen LogP contribution in [-0.2, 0) is 11.0 Å². The molecule has 3 N–H and O–H groups in total. The molecule has 0 radical (unpaired) electrons. The first-order valence-corrected chi connectivity index (χ1v) is 7.97. The summed E-state index contributed by atoms with van der Waals surface area (Å²) in [5, 5.41) is 7.69. The lowest BCUT2D eigenvalue weighted by Crippen LogP contribution is -2.33. The minimum atomic E-state index is -0.235. The number of nitrogens with two attached hydrogens (primary N) is 1. The Morgan fingerprint density at radius 2 is 1.68 bits per heavy atom. The van der Waals surface area contributed by atoms with Crippen LogP contribution < -0.4 is 11.1 Å². The molecule has 2 amide bonds. The molecule has 1 aliphatic heterocycles. The SMILES string of the molecule is CC(C)(C)c1nn(C(C)(C)C)c(N)c1NC(=O)N1CCCC1. The number of urea groups is 1. The van der Waals surface area contributed by atoms with Crippen LogP contribution in [0.1, 0.15) is 60.1 Å². The molecule has 0 unspecified atom stereocenters. The first kappa shape index (κ1) is 16.6. The molecule has 2 rings (SSSR count). The van der Waals surface area contributed by atoms with Crippen molar-refractivity contribution in [3.63, 3.8) is 0 Å². The second kappa shape index (κ2) is 5.48. The zero-order valence-corrected chi connectivity index (χ0v) is 14.7. The zero-order chi connectivity index (χ0) is 16.7. The molecule has 124 valence electrons. The van der Waals surface area contributed by atoms with Crippen molar-refractivity contribution in [1.29, 1.82) is 0 Å². The number of anilines is 2. The Morgan fingerprint density at radius 3 is 2.14 bits per heavy atom. The van der Waals surface area contributed by atoms with Crippen LogP contribution in [0, 0.1) is 0 Å². The molecule has 1 aliphatic rings. The van der Waals surface area contributed by atoms with Crippen molar-refractivity contribution in [3.8, 4) is 0 Å². The van der Waals surface area contributed by atoms with Crippen molar-refractivity contribution in [3.05, 3.63) is 5.69 Å². The smallest absolute Gasteiger partial charge is 0.321 e. The Kier molecular flexibility index (Phi) is 4.15. The highest BCUT2D eigenvalue weighted by molar-refractivity contribution is 5.93. The Labute approximate surface area is 133 Å². The molecule has 0 aromatic carbocycles. The lowest BCUT2D eigenvalue weighted by atomic mass is 9.91. The standard InChI is InChI=1S/C16H29N5O/c1-15(2,3)12-11(13(17)21(19-12)16(4,5)6)18-14(22)20-9-7-8-10-20/h7-10,17H2,1-6H3,(H,18,22). The molecule has 6 heteroatoms. The summed E-state index contributed by atoms with van der Waals surface area (Å²) < 4.78 is 1.80. The highest BCUT2D eigenvalue weighted by Crippen LogP contribution is 2.36. The van der Waals surface area contributed by atoms with E-state index >= 15 is 0 Å². The number of nitrogen functional groups attached to an aromatic ring is 1. The molecule has 1 aromatic rings. The second-order valence-electron chi connectivity index (χ2n) is 8.07. The Bertz CT molecular complexity index is 556. The molecular weight excluding hydrogens is 278 g/mol. The van der Waals surface area contributed by atoms with Gasteiger partial charge in [-0.15, -0.1) is 0 Å². The van der Waals surface area contributed by atoms with E-state index in [-0.39, 0.29) is 17.0 Å². The van der Waals surface area contributed by atoms with Gasteiger partial charge in [-0.2, -0.15) is 5.10 Å². The summed E-state index contributed by atoms with van der Waals surface area (Å²) in [6.45, 7) is 14.0. The van der Waals surface area contributed by atoms with Crippen LogP contribution in [0.2, 0.25) is 0 Å². The summed E-state index contributed by atoms with van der Waals surface area (Å²) in [6, 6.07) is -0.0804. The van der Waals surface area contributed by atoms with Gasteiger partial charge in [-0.1, -0.05) is 20.8 Å². The minimum absolute atomic E-state index is 0.0804. The number of nitrogens with zero attached hydrogens (tertiary/aromatic N) is 3. The number of hydrogen-bond acceptors (Lipinski definition) is 3. The number of carbonyl (C=O) groups is 1. The van der Waals surface area contributed by atoms with Gasteiger partial charge >= 0.3 is 6.03 Å². The normalized spacial score (nSPS) is 16.2. The van der Waals surface area contributed by atoms with Crippen molar-refractivity contribution >= 4 is 17.5 Å². The van der Waals surface area contributed by atoms with Crippen molar-refractivity contribution in [1.82, 2.24) is 14.7 Å². The van der Waals surface area contributed by atoms with E-state index in [2.05, 4.69) is 46.9 Å². The first-order valence-electron chi connectivity index (χ1n) is 7.97. The summed E-state index contributed by atoms with van der Waals surface area (Å²) >= 11 is 0. The molecule has 0 saturated carbocycles. The second-order valence-corrected chi connectivity index (χ2v) is 8.07. The largest absolute Gasteiger partial charge is 0.382 e. The van der Waals surface area contributed by atoms with E-state index in [1.807, 2.05) is 4.90 Å². The monoisotopic (exact) mass is 307 g/mol. The Morgan fingerprint density at radius 1 is 1.14 bits per heavy atom. The number of rotatable bonds is 1. The van der Waals surface area contributed by atoms with Gasteiger partial charge in [0.1, 0.15) is 11.5 Å². The Balaban J connectivity index is 2.40. The van der Waals surface area contributed by atoms with Crippen LogP contribution in [0.5, 0.6) is 0 Å². The average molecular weight is 307 g/mol. The van der Waals surface area contributed by atoms with Gasteiger partial charge in [0.15, 0.2) is 0 Å². The van der Waals surface area contributed by atoms with Gasteiger partial charge in [-0.05, 0) is 33.6 Å². The highest BCUT2D eigenvalue weighted by Gasteiger charge is 2.31. The van der Waals surface area contributed by atoms with Crippen LogP contribution >= 0.6 is 0 Å². The van der Waals surface area contributed by atoms with Crippen molar-refractivity contribution in [2.75, 3.05) is 24.1 Å². The third kappa shape index (κ3) is 3.20. The molecule has 1 aromatic heterocycles. The van der Waals surface area contributed by atoms with Gasteiger partial charge in [0.2, 0.25) is 0 Å². The molecule has 0 aliphatic carbocycles. The van der Waals surface area contributed by atoms with Crippen molar-refractivity contribution < 1.29 is 4.79 Å². The van der Waals surface area contributed by atoms with Crippen LogP contribution in [0.4, 0.5) is 16.3 Å². The fourth-order valence-corrected chi connectivity index (χ4v) is 2.70. The third-order valence-corrected chi connectivity index (χ3v) is 3.89. The lowest BCUT2D eigenvalue weighted by Gasteiger charge is -2.21. The van der Waals surface area contributed by atoms with E-state index in [0.29, 0.717) is 11.5 Å². The summed E-state index contributed by atoms with van der Waals surface area (Å²) in [4.78, 5) is 14.3. The molecule has 0 atom stereocenters. The van der Waals surface area contributed by atoms with Crippen LogP contribution in [0.25, 0.3) is 0 Å². The zero-order valence-electron chi connectivity index (χ0n) is 14.7. The number of amides is 2. The van der Waals surface area contributed by atoms with Gasteiger partial charge in [-0.3, -0.25) is 0 Å². The van der Waals surface area contributed by atoms with E-state index in [4.69, 9.17) is 10.8 Å². The van der Waals surface area contributed by atoms with E-state index in [0.717, 1.165) is 31.6 Å². The fraction of sp³-hybridized carbons (Fsp3) is 0.750. The predicted molar refractivity (Wildman–Crippen MR) is 90.2 cm³/mol. The summed E-state index contributed by atoms with van der Waals surface area (Å²) in [7, 11) is 0. The van der Waals surface area contributed by atoms with Gasteiger partial charge < -0.3 is 16.0 Å². The minimum Gasteiger partial charge on any atom is -0.382 e.